The van der Waals surface area contributed by atoms with Gasteiger partial charge in [0.25, 0.3) is 0 Å². The number of nitrogens with zero attached hydrogens (tertiary/aromatic N) is 1. The fraction of sp³-hybridized carbons (Fsp3) is 0.938. The van der Waals surface area contributed by atoms with Crippen LogP contribution in [0.25, 0.3) is 0 Å². The van der Waals surface area contributed by atoms with Gasteiger partial charge in [0.2, 0.25) is 5.91 Å². The molecule has 2 saturated heterocycles. The number of carbonyl (C=O) groups excluding carboxylic acids is 1. The number of hydrogen-bond donors (Lipinski definition) is 2. The highest BCUT2D eigenvalue weighted by atomic mass is 35.5. The Bertz CT molecular complexity index is 298. The van der Waals surface area contributed by atoms with Gasteiger partial charge in [0.1, 0.15) is 0 Å². The minimum atomic E-state index is 0. The fourth-order valence-corrected chi connectivity index (χ4v) is 3.68. The molecule has 2 heterocycles. The van der Waals surface area contributed by atoms with E-state index < -0.39 is 0 Å². The number of likely N-dealkylation sites (tertiary alicyclic amines) is 1. The highest BCUT2D eigenvalue weighted by Gasteiger charge is 2.22. The molecule has 124 valence electrons. The first-order valence-electron chi connectivity index (χ1n) is 8.38. The van der Waals surface area contributed by atoms with E-state index in [0.717, 1.165) is 44.2 Å². The molecule has 2 fully saturated rings. The third-order valence-corrected chi connectivity index (χ3v) is 4.52. The van der Waals surface area contributed by atoms with Crippen molar-refractivity contribution in [1.29, 1.82) is 0 Å². The molecule has 2 aliphatic rings. The van der Waals surface area contributed by atoms with Gasteiger partial charge < -0.3 is 15.5 Å². The molecule has 2 unspecified atom stereocenters. The minimum absolute atomic E-state index is 0. The lowest BCUT2D eigenvalue weighted by molar-refractivity contribution is -0.122. The van der Waals surface area contributed by atoms with Crippen LogP contribution in [-0.2, 0) is 4.79 Å². The Hall–Kier alpha value is -0.320. The van der Waals surface area contributed by atoms with Gasteiger partial charge in [0.15, 0.2) is 0 Å². The molecule has 21 heavy (non-hydrogen) atoms. The number of nitrogens with one attached hydrogen (secondary N) is 2. The molecule has 0 radical (unpaired) electrons. The largest absolute Gasteiger partial charge is 0.355 e. The average molecular weight is 318 g/mol. The highest BCUT2D eigenvalue weighted by molar-refractivity contribution is 5.85. The Morgan fingerprint density at radius 2 is 1.95 bits per heavy atom. The van der Waals surface area contributed by atoms with Gasteiger partial charge in [-0.3, -0.25) is 4.79 Å². The summed E-state index contributed by atoms with van der Waals surface area (Å²) in [7, 11) is 0. The Morgan fingerprint density at radius 3 is 2.57 bits per heavy atom. The maximum atomic E-state index is 11.8. The highest BCUT2D eigenvalue weighted by Crippen LogP contribution is 2.20. The van der Waals surface area contributed by atoms with Crippen molar-refractivity contribution in [2.75, 3.05) is 32.7 Å². The first kappa shape index (κ1) is 18.7. The van der Waals surface area contributed by atoms with Gasteiger partial charge in [-0.05, 0) is 57.0 Å². The molecule has 0 aliphatic carbocycles. The second kappa shape index (κ2) is 9.65. The number of amides is 1. The van der Waals surface area contributed by atoms with E-state index in [9.17, 15) is 4.79 Å². The average Bonchev–Trinajstić information content (AvgIpc) is 2.90. The van der Waals surface area contributed by atoms with Crippen LogP contribution in [0.5, 0.6) is 0 Å². The summed E-state index contributed by atoms with van der Waals surface area (Å²) in [5.41, 5.74) is 0. The second-order valence-electron chi connectivity index (χ2n) is 6.85. The number of unbranched alkanes of at least 4 members (excludes halogenated alkanes) is 1. The van der Waals surface area contributed by atoms with Gasteiger partial charge in [0.05, 0.1) is 6.04 Å². The molecular weight excluding hydrogens is 286 g/mol. The summed E-state index contributed by atoms with van der Waals surface area (Å²) in [4.78, 5) is 14.4. The van der Waals surface area contributed by atoms with Crippen molar-refractivity contribution in [2.45, 2.75) is 52.0 Å². The van der Waals surface area contributed by atoms with Gasteiger partial charge in [-0.1, -0.05) is 13.8 Å². The maximum absolute atomic E-state index is 11.8. The molecule has 0 spiro atoms. The Labute approximate surface area is 135 Å². The zero-order valence-corrected chi connectivity index (χ0v) is 14.4. The van der Waals surface area contributed by atoms with E-state index in [4.69, 9.17) is 0 Å². The van der Waals surface area contributed by atoms with Gasteiger partial charge >= 0.3 is 0 Å². The van der Waals surface area contributed by atoms with Crippen LogP contribution in [0.4, 0.5) is 0 Å². The SMILES string of the molecule is CC1CC(C)CN(CCCCNC(=O)[C@@H]2CCCN2)C1.Cl. The normalized spacial score (nSPS) is 29.9. The number of piperidine rings is 1. The predicted molar refractivity (Wildman–Crippen MR) is 89.9 cm³/mol. The number of hydrogen-bond acceptors (Lipinski definition) is 3. The lowest BCUT2D eigenvalue weighted by Gasteiger charge is -2.34. The molecule has 3 atom stereocenters. The molecule has 0 saturated carbocycles. The molecule has 1 amide bonds. The maximum Gasteiger partial charge on any atom is 0.237 e. The third-order valence-electron chi connectivity index (χ3n) is 4.52. The summed E-state index contributed by atoms with van der Waals surface area (Å²) in [5, 5.41) is 6.30. The van der Waals surface area contributed by atoms with E-state index >= 15 is 0 Å². The fourth-order valence-electron chi connectivity index (χ4n) is 3.68. The summed E-state index contributed by atoms with van der Waals surface area (Å²) < 4.78 is 0. The molecule has 4 nitrogen and oxygen atoms in total. The number of carbonyl (C=O) groups is 1. The molecule has 2 rings (SSSR count). The standard InChI is InChI=1S/C16H31N3O.ClH/c1-13-10-14(2)12-19(11-13)9-4-3-7-18-16(20)15-6-5-8-17-15;/h13-15,17H,3-12H2,1-2H3,(H,18,20);1H/t13?,14?,15-;/m0./s1. The molecule has 0 aromatic rings. The van der Waals surface area contributed by atoms with E-state index in [0.29, 0.717) is 0 Å². The lowest BCUT2D eigenvalue weighted by atomic mass is 9.92. The lowest BCUT2D eigenvalue weighted by Crippen LogP contribution is -2.41. The summed E-state index contributed by atoms with van der Waals surface area (Å²) in [6.07, 6.45) is 5.79. The van der Waals surface area contributed by atoms with Gasteiger partial charge in [-0.15, -0.1) is 12.4 Å². The van der Waals surface area contributed by atoms with E-state index in [1.165, 1.54) is 32.5 Å². The Balaban J connectivity index is 0.00000220. The summed E-state index contributed by atoms with van der Waals surface area (Å²) in [6.45, 7) is 10.2. The van der Waals surface area contributed by atoms with Gasteiger partial charge in [-0.2, -0.15) is 0 Å². The van der Waals surface area contributed by atoms with Crippen molar-refractivity contribution < 1.29 is 4.79 Å². The van der Waals surface area contributed by atoms with Crippen LogP contribution < -0.4 is 10.6 Å². The summed E-state index contributed by atoms with van der Waals surface area (Å²) >= 11 is 0. The van der Waals surface area contributed by atoms with Crippen LogP contribution in [0.3, 0.4) is 0 Å². The predicted octanol–water partition coefficient (Wildman–Crippen LogP) is 2.03. The first-order chi connectivity index (χ1) is 9.65. The zero-order valence-electron chi connectivity index (χ0n) is 13.6. The van der Waals surface area contributed by atoms with Crippen molar-refractivity contribution in [3.05, 3.63) is 0 Å². The molecule has 5 heteroatoms. The van der Waals surface area contributed by atoms with Crippen LogP contribution in [0.2, 0.25) is 0 Å². The van der Waals surface area contributed by atoms with Crippen molar-refractivity contribution in [3.8, 4) is 0 Å². The second-order valence-corrected chi connectivity index (χ2v) is 6.85. The molecule has 0 bridgehead atoms. The van der Waals surface area contributed by atoms with E-state index in [1.54, 1.807) is 0 Å². The Kier molecular flexibility index (Phi) is 8.60. The van der Waals surface area contributed by atoms with Crippen molar-refractivity contribution in [2.24, 2.45) is 11.8 Å². The van der Waals surface area contributed by atoms with Crippen molar-refractivity contribution in [1.82, 2.24) is 15.5 Å². The number of rotatable bonds is 6. The molecule has 0 aromatic heterocycles. The van der Waals surface area contributed by atoms with Gasteiger partial charge in [0, 0.05) is 19.6 Å². The van der Waals surface area contributed by atoms with E-state index in [-0.39, 0.29) is 24.4 Å². The van der Waals surface area contributed by atoms with E-state index in [1.807, 2.05) is 0 Å². The van der Waals surface area contributed by atoms with Crippen LogP contribution in [-0.4, -0.2) is 49.6 Å². The van der Waals surface area contributed by atoms with E-state index in [2.05, 4.69) is 29.4 Å². The summed E-state index contributed by atoms with van der Waals surface area (Å²) in [5.74, 6) is 1.88. The van der Waals surface area contributed by atoms with Crippen molar-refractivity contribution in [3.63, 3.8) is 0 Å². The summed E-state index contributed by atoms with van der Waals surface area (Å²) in [6, 6.07) is 0.0683. The smallest absolute Gasteiger partial charge is 0.237 e. The molecule has 2 N–H and O–H groups in total. The Morgan fingerprint density at radius 1 is 1.24 bits per heavy atom. The molecule has 2 aliphatic heterocycles. The van der Waals surface area contributed by atoms with Crippen LogP contribution >= 0.6 is 12.4 Å². The molecule has 0 aromatic carbocycles. The topological polar surface area (TPSA) is 44.4 Å². The number of halogens is 1. The molecular formula is C16H32ClN3O. The third kappa shape index (κ3) is 6.54. The quantitative estimate of drug-likeness (QED) is 0.737. The van der Waals surface area contributed by atoms with Gasteiger partial charge in [-0.25, -0.2) is 0 Å². The first-order valence-corrected chi connectivity index (χ1v) is 8.38. The van der Waals surface area contributed by atoms with Crippen LogP contribution in [0.15, 0.2) is 0 Å². The monoisotopic (exact) mass is 317 g/mol. The van der Waals surface area contributed by atoms with Crippen LogP contribution in [0, 0.1) is 11.8 Å². The van der Waals surface area contributed by atoms with Crippen LogP contribution in [0.1, 0.15) is 46.0 Å². The van der Waals surface area contributed by atoms with Crippen molar-refractivity contribution >= 4 is 18.3 Å². The minimum Gasteiger partial charge on any atom is -0.355 e. The zero-order chi connectivity index (χ0) is 14.4.